The monoisotopic (exact) mass is 355 g/mol. The third kappa shape index (κ3) is 3.77. The molecule has 25 heavy (non-hydrogen) atoms. The minimum absolute atomic E-state index is 0.0973. The van der Waals surface area contributed by atoms with Gasteiger partial charge in [0, 0.05) is 16.8 Å². The lowest BCUT2D eigenvalue weighted by Gasteiger charge is -2.05. The molecule has 0 saturated carbocycles. The number of methoxy groups -OCH3 is 1. The van der Waals surface area contributed by atoms with Crippen molar-refractivity contribution < 1.29 is 9.53 Å². The van der Waals surface area contributed by atoms with Crippen LogP contribution >= 0.6 is 11.3 Å². The van der Waals surface area contributed by atoms with Gasteiger partial charge in [-0.05, 0) is 31.2 Å². The van der Waals surface area contributed by atoms with Gasteiger partial charge in [-0.1, -0.05) is 12.1 Å². The summed E-state index contributed by atoms with van der Waals surface area (Å²) in [4.78, 5) is 31.9. The van der Waals surface area contributed by atoms with E-state index in [2.05, 4.69) is 15.3 Å². The number of H-pyrrole nitrogens is 1. The summed E-state index contributed by atoms with van der Waals surface area (Å²) >= 11 is 1.47. The van der Waals surface area contributed by atoms with Gasteiger partial charge in [-0.25, -0.2) is 4.98 Å². The highest BCUT2D eigenvalue weighted by Crippen LogP contribution is 2.32. The molecule has 2 aromatic heterocycles. The number of carbonyl (C=O) groups is 1. The standard InChI is InChI=1S/C18H17N3O3S/c1-11-7-8-14(17(23)21-11)16(22)19-9-12-10-20-18(25-12)13-5-3-4-6-15(13)24-2/h3-8,10H,9H2,1-2H3,(H,19,22)(H,21,23). The average molecular weight is 355 g/mol. The minimum atomic E-state index is -0.409. The van der Waals surface area contributed by atoms with Gasteiger partial charge in [0.2, 0.25) is 0 Å². The number of thiazole rings is 1. The molecule has 0 spiro atoms. The molecule has 2 heterocycles. The molecule has 0 fully saturated rings. The summed E-state index contributed by atoms with van der Waals surface area (Å²) in [5, 5.41) is 3.56. The number of ether oxygens (including phenoxy) is 1. The zero-order valence-corrected chi connectivity index (χ0v) is 14.6. The Hall–Kier alpha value is -2.93. The summed E-state index contributed by atoms with van der Waals surface area (Å²) in [6, 6.07) is 10.9. The number of rotatable bonds is 5. The smallest absolute Gasteiger partial charge is 0.260 e. The number of carbonyl (C=O) groups excluding carboxylic acids is 1. The third-order valence-electron chi connectivity index (χ3n) is 3.61. The lowest BCUT2D eigenvalue weighted by Crippen LogP contribution is -2.29. The van der Waals surface area contributed by atoms with Gasteiger partial charge >= 0.3 is 0 Å². The molecule has 0 aliphatic heterocycles. The van der Waals surface area contributed by atoms with Crippen molar-refractivity contribution >= 4 is 17.2 Å². The van der Waals surface area contributed by atoms with Crippen LogP contribution in [0.5, 0.6) is 5.75 Å². The molecule has 2 N–H and O–H groups in total. The highest BCUT2D eigenvalue weighted by molar-refractivity contribution is 7.15. The van der Waals surface area contributed by atoms with Crippen LogP contribution in [0, 0.1) is 6.92 Å². The van der Waals surface area contributed by atoms with Gasteiger partial charge in [-0.15, -0.1) is 11.3 Å². The fourth-order valence-corrected chi connectivity index (χ4v) is 3.23. The molecule has 3 rings (SSSR count). The first-order chi connectivity index (χ1) is 12.1. The van der Waals surface area contributed by atoms with E-state index >= 15 is 0 Å². The number of pyridine rings is 1. The SMILES string of the molecule is COc1ccccc1-c1ncc(CNC(=O)c2ccc(C)[nH]c2=O)s1. The minimum Gasteiger partial charge on any atom is -0.496 e. The quantitative estimate of drug-likeness (QED) is 0.737. The molecule has 6 nitrogen and oxygen atoms in total. The second-order valence-corrected chi connectivity index (χ2v) is 6.51. The average Bonchev–Trinajstić information content (AvgIpc) is 3.08. The molecule has 1 aromatic carbocycles. The van der Waals surface area contributed by atoms with E-state index in [0.29, 0.717) is 12.2 Å². The fourth-order valence-electron chi connectivity index (χ4n) is 2.35. The molecule has 0 saturated heterocycles. The van der Waals surface area contributed by atoms with E-state index in [1.54, 1.807) is 26.3 Å². The highest BCUT2D eigenvalue weighted by atomic mass is 32.1. The Kier molecular flexibility index (Phi) is 4.95. The van der Waals surface area contributed by atoms with Crippen molar-refractivity contribution in [3.05, 3.63) is 69.1 Å². The maximum absolute atomic E-state index is 12.2. The number of hydrogen-bond donors (Lipinski definition) is 2. The largest absolute Gasteiger partial charge is 0.496 e. The first-order valence-electron chi connectivity index (χ1n) is 7.64. The molecule has 1 amide bonds. The number of aromatic nitrogens is 2. The Morgan fingerprint density at radius 3 is 2.84 bits per heavy atom. The van der Waals surface area contributed by atoms with Crippen molar-refractivity contribution in [3.63, 3.8) is 0 Å². The van der Waals surface area contributed by atoms with Crippen molar-refractivity contribution in [1.29, 1.82) is 0 Å². The van der Waals surface area contributed by atoms with Gasteiger partial charge in [0.1, 0.15) is 16.3 Å². The van der Waals surface area contributed by atoms with E-state index in [1.165, 1.54) is 17.4 Å². The Bertz CT molecular complexity index is 962. The lowest BCUT2D eigenvalue weighted by molar-refractivity contribution is 0.0949. The van der Waals surface area contributed by atoms with Crippen LogP contribution in [0.2, 0.25) is 0 Å². The van der Waals surface area contributed by atoms with Gasteiger partial charge in [-0.3, -0.25) is 9.59 Å². The molecule has 7 heteroatoms. The maximum Gasteiger partial charge on any atom is 0.260 e. The number of aromatic amines is 1. The number of nitrogens with zero attached hydrogens (tertiary/aromatic N) is 1. The van der Waals surface area contributed by atoms with E-state index in [9.17, 15) is 9.59 Å². The number of nitrogens with one attached hydrogen (secondary N) is 2. The molecule has 0 bridgehead atoms. The number of benzene rings is 1. The molecule has 3 aromatic rings. The molecule has 0 aliphatic carbocycles. The van der Waals surface area contributed by atoms with Crippen LogP contribution < -0.4 is 15.6 Å². The summed E-state index contributed by atoms with van der Waals surface area (Å²) < 4.78 is 5.35. The van der Waals surface area contributed by atoms with Crippen LogP contribution in [-0.2, 0) is 6.54 Å². The Labute approximate surface area is 148 Å². The third-order valence-corrected chi connectivity index (χ3v) is 4.64. The molecular weight excluding hydrogens is 338 g/mol. The zero-order valence-electron chi connectivity index (χ0n) is 13.8. The zero-order chi connectivity index (χ0) is 17.8. The van der Waals surface area contributed by atoms with Crippen molar-refractivity contribution in [2.45, 2.75) is 13.5 Å². The Morgan fingerprint density at radius 1 is 1.28 bits per heavy atom. The molecule has 0 atom stereocenters. The normalized spacial score (nSPS) is 10.5. The lowest BCUT2D eigenvalue weighted by atomic mass is 10.2. The van der Waals surface area contributed by atoms with Gasteiger partial charge in [-0.2, -0.15) is 0 Å². The predicted molar refractivity (Wildman–Crippen MR) is 97.1 cm³/mol. The molecule has 0 aliphatic rings. The number of aryl methyl sites for hydroxylation is 1. The predicted octanol–water partition coefficient (Wildman–Crippen LogP) is 2.75. The first kappa shape index (κ1) is 16.9. The second-order valence-electron chi connectivity index (χ2n) is 5.40. The molecule has 0 unspecified atom stereocenters. The van der Waals surface area contributed by atoms with Gasteiger partial charge in [0.25, 0.3) is 11.5 Å². The summed E-state index contributed by atoms with van der Waals surface area (Å²) in [6.07, 6.45) is 1.71. The van der Waals surface area contributed by atoms with E-state index in [-0.39, 0.29) is 5.56 Å². The van der Waals surface area contributed by atoms with Crippen LogP contribution in [0.25, 0.3) is 10.6 Å². The van der Waals surface area contributed by atoms with E-state index in [4.69, 9.17) is 4.74 Å². The number of para-hydroxylation sites is 1. The van der Waals surface area contributed by atoms with Crippen LogP contribution in [0.3, 0.4) is 0 Å². The van der Waals surface area contributed by atoms with Crippen LogP contribution in [-0.4, -0.2) is 23.0 Å². The van der Waals surface area contributed by atoms with Crippen LogP contribution in [0.15, 0.2) is 47.4 Å². The maximum atomic E-state index is 12.2. The van der Waals surface area contributed by atoms with Crippen molar-refractivity contribution in [3.8, 4) is 16.3 Å². The highest BCUT2D eigenvalue weighted by Gasteiger charge is 2.13. The van der Waals surface area contributed by atoms with Gasteiger partial charge in [0.05, 0.1) is 19.2 Å². The Balaban J connectivity index is 1.72. The Morgan fingerprint density at radius 2 is 2.08 bits per heavy atom. The number of amides is 1. The van der Waals surface area contributed by atoms with E-state index in [0.717, 1.165) is 21.2 Å². The summed E-state index contributed by atoms with van der Waals surface area (Å²) in [5.41, 5.74) is 1.32. The molecule has 128 valence electrons. The summed E-state index contributed by atoms with van der Waals surface area (Å²) in [6.45, 7) is 2.07. The molecular formula is C18H17N3O3S. The summed E-state index contributed by atoms with van der Waals surface area (Å²) in [5.74, 6) is 0.340. The first-order valence-corrected chi connectivity index (χ1v) is 8.46. The van der Waals surface area contributed by atoms with Crippen molar-refractivity contribution in [2.75, 3.05) is 7.11 Å². The topological polar surface area (TPSA) is 84.1 Å². The second kappa shape index (κ2) is 7.31. The van der Waals surface area contributed by atoms with E-state index in [1.807, 2.05) is 24.3 Å². The van der Waals surface area contributed by atoms with Crippen molar-refractivity contribution in [2.24, 2.45) is 0 Å². The van der Waals surface area contributed by atoms with Crippen molar-refractivity contribution in [1.82, 2.24) is 15.3 Å². The fraction of sp³-hybridized carbons (Fsp3) is 0.167. The van der Waals surface area contributed by atoms with Gasteiger partial charge < -0.3 is 15.0 Å². The van der Waals surface area contributed by atoms with Crippen LogP contribution in [0.4, 0.5) is 0 Å². The summed E-state index contributed by atoms with van der Waals surface area (Å²) in [7, 11) is 1.62. The van der Waals surface area contributed by atoms with E-state index < -0.39 is 11.5 Å². The number of hydrogen-bond acceptors (Lipinski definition) is 5. The molecule has 0 radical (unpaired) electrons. The van der Waals surface area contributed by atoms with Gasteiger partial charge in [0.15, 0.2) is 0 Å². The van der Waals surface area contributed by atoms with Crippen LogP contribution in [0.1, 0.15) is 20.9 Å².